The second-order valence-corrected chi connectivity index (χ2v) is 5.72. The van der Waals surface area contributed by atoms with Crippen molar-refractivity contribution in [3.8, 4) is 0 Å². The molecule has 1 atom stereocenters. The van der Waals surface area contributed by atoms with Crippen molar-refractivity contribution in [3.63, 3.8) is 0 Å². The van der Waals surface area contributed by atoms with Gasteiger partial charge in [-0.05, 0) is 24.1 Å². The Labute approximate surface area is 110 Å². The lowest BCUT2D eigenvalue weighted by Crippen LogP contribution is -2.12. The molecular formula is C12H14ClFN2S. The number of hydrogen-bond donors (Lipinski definition) is 1. The molecule has 0 spiro atoms. The van der Waals surface area contributed by atoms with Crippen molar-refractivity contribution in [1.82, 2.24) is 0 Å². The third-order valence-electron chi connectivity index (χ3n) is 2.62. The third kappa shape index (κ3) is 3.13. The number of amidine groups is 1. The summed E-state index contributed by atoms with van der Waals surface area (Å²) in [7, 11) is 0. The van der Waals surface area contributed by atoms with Crippen LogP contribution in [0.5, 0.6) is 0 Å². The van der Waals surface area contributed by atoms with E-state index >= 15 is 0 Å². The monoisotopic (exact) mass is 272 g/mol. The van der Waals surface area contributed by atoms with Crippen LogP contribution in [-0.4, -0.2) is 17.0 Å². The van der Waals surface area contributed by atoms with Crippen LogP contribution in [0.2, 0.25) is 5.02 Å². The van der Waals surface area contributed by atoms with Crippen LogP contribution in [0.15, 0.2) is 23.2 Å². The van der Waals surface area contributed by atoms with E-state index in [4.69, 9.17) is 11.6 Å². The first-order valence-corrected chi connectivity index (χ1v) is 6.85. The molecular weight excluding hydrogens is 259 g/mol. The Balaban J connectivity index is 2.09. The van der Waals surface area contributed by atoms with Crippen molar-refractivity contribution in [1.29, 1.82) is 0 Å². The maximum absolute atomic E-state index is 12.9. The molecule has 2 nitrogen and oxygen atoms in total. The first kappa shape index (κ1) is 12.7. The minimum absolute atomic E-state index is 0.332. The van der Waals surface area contributed by atoms with Gasteiger partial charge in [-0.25, -0.2) is 4.39 Å². The fourth-order valence-corrected chi connectivity index (χ4v) is 2.90. The van der Waals surface area contributed by atoms with E-state index in [9.17, 15) is 4.39 Å². The van der Waals surface area contributed by atoms with E-state index in [0.29, 0.717) is 22.7 Å². The van der Waals surface area contributed by atoms with Gasteiger partial charge in [-0.15, -0.1) is 0 Å². The number of anilines is 1. The van der Waals surface area contributed by atoms with Crippen molar-refractivity contribution in [2.45, 2.75) is 19.9 Å². The summed E-state index contributed by atoms with van der Waals surface area (Å²) in [5.41, 5.74) is 0.698. The number of halogens is 2. The summed E-state index contributed by atoms with van der Waals surface area (Å²) in [6.07, 6.45) is 0. The van der Waals surface area contributed by atoms with E-state index in [1.54, 1.807) is 17.8 Å². The maximum atomic E-state index is 12.9. The Morgan fingerprint density at radius 1 is 1.53 bits per heavy atom. The second-order valence-electron chi connectivity index (χ2n) is 4.31. The zero-order valence-corrected chi connectivity index (χ0v) is 11.3. The highest BCUT2D eigenvalue weighted by molar-refractivity contribution is 8.14. The molecule has 0 aromatic heterocycles. The zero-order valence-electron chi connectivity index (χ0n) is 9.71. The predicted octanol–water partition coefficient (Wildman–Crippen LogP) is 4.02. The van der Waals surface area contributed by atoms with E-state index in [-0.39, 0.29) is 5.82 Å². The summed E-state index contributed by atoms with van der Waals surface area (Å²) in [4.78, 5) is 4.56. The molecule has 17 heavy (non-hydrogen) atoms. The van der Waals surface area contributed by atoms with Gasteiger partial charge >= 0.3 is 0 Å². The van der Waals surface area contributed by atoms with E-state index < -0.39 is 0 Å². The lowest BCUT2D eigenvalue weighted by atomic mass is 10.1. The number of hydrogen-bond acceptors (Lipinski definition) is 3. The van der Waals surface area contributed by atoms with Gasteiger partial charge in [0.25, 0.3) is 0 Å². The molecule has 0 amide bonds. The summed E-state index contributed by atoms with van der Waals surface area (Å²) in [5, 5.41) is 4.37. The lowest BCUT2D eigenvalue weighted by molar-refractivity contribution is 0.543. The van der Waals surface area contributed by atoms with Gasteiger partial charge < -0.3 is 5.32 Å². The Kier molecular flexibility index (Phi) is 3.94. The van der Waals surface area contributed by atoms with Gasteiger partial charge in [0.1, 0.15) is 5.82 Å². The number of nitrogens with zero attached hydrogens (tertiary/aromatic N) is 1. The Bertz CT molecular complexity index is 448. The second kappa shape index (κ2) is 5.27. The van der Waals surface area contributed by atoms with Gasteiger partial charge in [0, 0.05) is 5.75 Å². The molecule has 92 valence electrons. The van der Waals surface area contributed by atoms with E-state index in [0.717, 1.165) is 10.9 Å². The molecule has 1 aromatic carbocycles. The van der Waals surface area contributed by atoms with Crippen LogP contribution in [0.1, 0.15) is 13.8 Å². The van der Waals surface area contributed by atoms with Crippen LogP contribution in [-0.2, 0) is 0 Å². The van der Waals surface area contributed by atoms with Crippen molar-refractivity contribution >= 4 is 34.2 Å². The summed E-state index contributed by atoms with van der Waals surface area (Å²) in [6.45, 7) is 4.31. The van der Waals surface area contributed by atoms with Gasteiger partial charge in [0.15, 0.2) is 5.17 Å². The van der Waals surface area contributed by atoms with Crippen molar-refractivity contribution < 1.29 is 4.39 Å². The maximum Gasteiger partial charge on any atom is 0.161 e. The molecule has 1 aliphatic heterocycles. The molecule has 0 unspecified atom stereocenters. The predicted molar refractivity (Wildman–Crippen MR) is 73.6 cm³/mol. The smallest absolute Gasteiger partial charge is 0.161 e. The number of aliphatic imine (C=N–C) groups is 1. The number of benzene rings is 1. The molecule has 1 heterocycles. The first-order chi connectivity index (χ1) is 8.06. The summed E-state index contributed by atoms with van der Waals surface area (Å²) in [6, 6.07) is 4.66. The van der Waals surface area contributed by atoms with E-state index in [1.807, 2.05) is 0 Å². The Morgan fingerprint density at radius 3 is 2.88 bits per heavy atom. The Morgan fingerprint density at radius 2 is 2.29 bits per heavy atom. The number of nitrogens with one attached hydrogen (secondary N) is 1. The van der Waals surface area contributed by atoms with Crippen LogP contribution in [0, 0.1) is 11.7 Å². The average Bonchev–Trinajstić information content (AvgIpc) is 2.71. The summed E-state index contributed by atoms with van der Waals surface area (Å²) >= 11 is 7.61. The normalized spacial score (nSPS) is 19.6. The minimum atomic E-state index is -0.332. The Hall–Kier alpha value is -0.740. The van der Waals surface area contributed by atoms with Gasteiger partial charge in [-0.3, -0.25) is 4.99 Å². The van der Waals surface area contributed by atoms with Crippen molar-refractivity contribution in [3.05, 3.63) is 29.0 Å². The topological polar surface area (TPSA) is 24.4 Å². The lowest BCUT2D eigenvalue weighted by Gasteiger charge is -2.08. The highest BCUT2D eigenvalue weighted by Crippen LogP contribution is 2.28. The number of thioether (sulfide) groups is 1. The third-order valence-corrected chi connectivity index (χ3v) is 3.92. The zero-order chi connectivity index (χ0) is 12.4. The summed E-state index contributed by atoms with van der Waals surface area (Å²) in [5.74, 6) is 1.19. The molecule has 0 bridgehead atoms. The van der Waals surface area contributed by atoms with Crippen molar-refractivity contribution in [2.75, 3.05) is 11.1 Å². The molecule has 1 N–H and O–H groups in total. The highest BCUT2D eigenvalue weighted by Gasteiger charge is 2.21. The molecule has 0 aliphatic carbocycles. The summed E-state index contributed by atoms with van der Waals surface area (Å²) < 4.78 is 12.9. The fourth-order valence-electron chi connectivity index (χ4n) is 1.51. The molecule has 5 heteroatoms. The van der Waals surface area contributed by atoms with Crippen LogP contribution < -0.4 is 5.32 Å². The largest absolute Gasteiger partial charge is 0.334 e. The minimum Gasteiger partial charge on any atom is -0.334 e. The number of rotatable bonds is 2. The first-order valence-electron chi connectivity index (χ1n) is 5.49. The quantitative estimate of drug-likeness (QED) is 0.879. The molecule has 1 aromatic rings. The fraction of sp³-hybridized carbons (Fsp3) is 0.417. The molecule has 2 rings (SSSR count). The van der Waals surface area contributed by atoms with Gasteiger partial charge in [0.2, 0.25) is 0 Å². The molecule has 1 aliphatic rings. The van der Waals surface area contributed by atoms with Crippen LogP contribution in [0.25, 0.3) is 0 Å². The molecule has 0 radical (unpaired) electrons. The van der Waals surface area contributed by atoms with Crippen LogP contribution in [0.3, 0.4) is 0 Å². The molecule has 0 saturated carbocycles. The molecule has 0 saturated heterocycles. The SMILES string of the molecule is CC(C)[C@H]1CSC(Nc2ccc(F)cc2Cl)=N1. The van der Waals surface area contributed by atoms with Gasteiger partial charge in [-0.1, -0.05) is 37.2 Å². The van der Waals surface area contributed by atoms with Crippen LogP contribution >= 0.6 is 23.4 Å². The van der Waals surface area contributed by atoms with Gasteiger partial charge in [0.05, 0.1) is 16.8 Å². The average molecular weight is 273 g/mol. The van der Waals surface area contributed by atoms with E-state index in [2.05, 4.69) is 24.2 Å². The van der Waals surface area contributed by atoms with Gasteiger partial charge in [-0.2, -0.15) is 0 Å². The highest BCUT2D eigenvalue weighted by atomic mass is 35.5. The standard InChI is InChI=1S/C12H14ClFN2S/c1-7(2)11-6-17-12(16-11)15-10-4-3-8(14)5-9(10)13/h3-5,7,11H,6H2,1-2H3,(H,15,16)/t11-/m1/s1. The van der Waals surface area contributed by atoms with Crippen LogP contribution in [0.4, 0.5) is 10.1 Å². The molecule has 0 fully saturated rings. The van der Waals surface area contributed by atoms with Crippen molar-refractivity contribution in [2.24, 2.45) is 10.9 Å². The van der Waals surface area contributed by atoms with E-state index in [1.165, 1.54) is 12.1 Å².